The summed E-state index contributed by atoms with van der Waals surface area (Å²) in [6.45, 7) is 13.9. The van der Waals surface area contributed by atoms with Gasteiger partial charge in [-0.05, 0) is 62.6 Å². The predicted octanol–water partition coefficient (Wildman–Crippen LogP) is 6.32. The van der Waals surface area contributed by atoms with Crippen LogP contribution in [0.15, 0.2) is 30.3 Å². The van der Waals surface area contributed by atoms with Crippen molar-refractivity contribution >= 4 is 14.0 Å². The van der Waals surface area contributed by atoms with E-state index in [1.807, 2.05) is 0 Å². The zero-order chi connectivity index (χ0) is 25.9. The van der Waals surface area contributed by atoms with Crippen LogP contribution in [0.5, 0.6) is 0 Å². The van der Waals surface area contributed by atoms with Crippen LogP contribution in [0.1, 0.15) is 51.0 Å². The van der Waals surface area contributed by atoms with E-state index in [1.165, 1.54) is 57.2 Å². The number of rotatable bonds is 7. The number of carboxylic acids is 1. The number of aliphatic carboxylic acids is 1. The van der Waals surface area contributed by atoms with Gasteiger partial charge in [0.1, 0.15) is 6.79 Å². The monoisotopic (exact) mass is 515 g/mol. The normalized spacial score (nSPS) is 30.8. The summed E-state index contributed by atoms with van der Waals surface area (Å²) in [4.78, 5) is 11.8. The zero-order valence-corrected chi connectivity index (χ0v) is 22.4. The molecule has 4 atom stereocenters. The fraction of sp³-hybridized carbons (Fsp3) is 0.731. The molecule has 2 aliphatic heterocycles. The molecule has 9 heteroatoms. The number of carbonyl (C=O) groups is 1. The third-order valence-corrected chi connectivity index (χ3v) is 12.3. The molecule has 0 radical (unpaired) electrons. The van der Waals surface area contributed by atoms with E-state index in [2.05, 4.69) is 61.8 Å². The van der Waals surface area contributed by atoms with Gasteiger partial charge in [0.2, 0.25) is 0 Å². The minimum atomic E-state index is -5.08. The molecule has 3 aliphatic rings. The third kappa shape index (κ3) is 5.78. The lowest BCUT2D eigenvalue weighted by molar-refractivity contribution is -0.192. The van der Waals surface area contributed by atoms with E-state index >= 15 is 0 Å². The molecular formula is C26H40F3NO4Si. The Morgan fingerprint density at radius 1 is 1.14 bits per heavy atom. The van der Waals surface area contributed by atoms with Gasteiger partial charge >= 0.3 is 12.1 Å². The highest BCUT2D eigenvalue weighted by atomic mass is 28.3. The molecule has 1 aromatic rings. The molecule has 4 rings (SSSR count). The summed E-state index contributed by atoms with van der Waals surface area (Å²) in [6.07, 6.45) is 3.31. The predicted molar refractivity (Wildman–Crippen MR) is 132 cm³/mol. The van der Waals surface area contributed by atoms with E-state index in [9.17, 15) is 13.2 Å². The number of nitrogens with zero attached hydrogens (tertiary/aromatic N) is 1. The van der Waals surface area contributed by atoms with Gasteiger partial charge < -0.3 is 14.6 Å². The maximum Gasteiger partial charge on any atom is 0.490 e. The van der Waals surface area contributed by atoms with Crippen molar-refractivity contribution in [1.29, 1.82) is 0 Å². The maximum absolute atomic E-state index is 10.6. The summed E-state index contributed by atoms with van der Waals surface area (Å²) in [5.41, 5.74) is 1.75. The largest absolute Gasteiger partial charge is 0.490 e. The first-order chi connectivity index (χ1) is 16.4. The molecule has 2 saturated heterocycles. The number of ether oxygens (including phenoxy) is 2. The fourth-order valence-electron chi connectivity index (χ4n) is 7.05. The zero-order valence-electron chi connectivity index (χ0n) is 21.4. The maximum atomic E-state index is 10.6. The van der Waals surface area contributed by atoms with Crippen LogP contribution >= 0.6 is 0 Å². The van der Waals surface area contributed by atoms with Crippen molar-refractivity contribution in [3.8, 4) is 0 Å². The van der Waals surface area contributed by atoms with Crippen LogP contribution < -0.4 is 0 Å². The first-order valence-corrected chi connectivity index (χ1v) is 16.1. The number of carboxylic acid groups (broad SMARTS) is 1. The molecule has 35 heavy (non-hydrogen) atoms. The summed E-state index contributed by atoms with van der Waals surface area (Å²) in [6, 6.07) is 11.2. The average Bonchev–Trinajstić information content (AvgIpc) is 3.22. The molecular weight excluding hydrogens is 475 g/mol. The van der Waals surface area contributed by atoms with Crippen LogP contribution in [0, 0.1) is 5.41 Å². The lowest BCUT2D eigenvalue weighted by Gasteiger charge is -2.63. The molecule has 3 fully saturated rings. The van der Waals surface area contributed by atoms with E-state index in [0.717, 1.165) is 6.04 Å². The van der Waals surface area contributed by atoms with E-state index < -0.39 is 20.2 Å². The molecule has 1 saturated carbocycles. The highest BCUT2D eigenvalue weighted by Crippen LogP contribution is 2.67. The highest BCUT2D eigenvalue weighted by molar-refractivity contribution is 6.79. The molecule has 1 aliphatic carbocycles. The quantitative estimate of drug-likeness (QED) is 0.262. The topological polar surface area (TPSA) is 59.0 Å². The first kappa shape index (κ1) is 28.2. The number of hydrogen-bond acceptors (Lipinski definition) is 4. The second kappa shape index (κ2) is 10.9. The smallest absolute Gasteiger partial charge is 0.475 e. The Bertz CT molecular complexity index is 847. The molecule has 5 nitrogen and oxygen atoms in total. The second-order valence-electron chi connectivity index (χ2n) is 11.2. The summed E-state index contributed by atoms with van der Waals surface area (Å²) >= 11 is 0. The Morgan fingerprint density at radius 3 is 2.37 bits per heavy atom. The van der Waals surface area contributed by atoms with Gasteiger partial charge in [-0.1, -0.05) is 56.9 Å². The first-order valence-electron chi connectivity index (χ1n) is 12.6. The van der Waals surface area contributed by atoms with Gasteiger partial charge in [0.05, 0.1) is 20.8 Å². The number of benzene rings is 1. The Hall–Kier alpha value is -1.42. The van der Waals surface area contributed by atoms with Crippen LogP contribution in [0.3, 0.4) is 0 Å². The molecule has 198 valence electrons. The lowest BCUT2D eigenvalue weighted by Crippen LogP contribution is -2.65. The van der Waals surface area contributed by atoms with E-state index in [4.69, 9.17) is 19.4 Å². The van der Waals surface area contributed by atoms with Gasteiger partial charge in [-0.15, -0.1) is 0 Å². The molecule has 0 unspecified atom stereocenters. The van der Waals surface area contributed by atoms with Crippen molar-refractivity contribution in [2.45, 2.75) is 95.1 Å². The second-order valence-corrected chi connectivity index (χ2v) is 16.7. The van der Waals surface area contributed by atoms with Crippen LogP contribution in [-0.4, -0.2) is 62.3 Å². The minimum absolute atomic E-state index is 0.364. The van der Waals surface area contributed by atoms with Crippen LogP contribution in [0.2, 0.25) is 24.7 Å². The lowest BCUT2D eigenvalue weighted by atomic mass is 9.59. The van der Waals surface area contributed by atoms with Gasteiger partial charge in [-0.2, -0.15) is 13.2 Å². The van der Waals surface area contributed by atoms with Gasteiger partial charge in [-0.25, -0.2) is 4.79 Å². The summed E-state index contributed by atoms with van der Waals surface area (Å²) in [7, 11) is -1.45. The Kier molecular flexibility index (Phi) is 8.77. The van der Waals surface area contributed by atoms with Crippen molar-refractivity contribution in [3.63, 3.8) is 0 Å². The van der Waals surface area contributed by atoms with Gasteiger partial charge in [-0.3, -0.25) is 4.90 Å². The number of piperidine rings is 1. The molecule has 0 aromatic heterocycles. The standard InChI is InChI=1S/C24H39NO2Si.C2HF3O2/c1-5-23-13-9-16-25-17-15-24(22(23)25,28(2,3)4)21(12-14-23)27-19-26-18-20-10-7-6-8-11-20;3-2(4,5)1(6)7/h6-8,10-11,21-22H,5,9,12-19H2,1-4H3;(H,6,7)/t21-,22-,23-,24-;/m1./s1. The van der Waals surface area contributed by atoms with Crippen molar-refractivity contribution in [1.82, 2.24) is 4.90 Å². The van der Waals surface area contributed by atoms with E-state index in [1.54, 1.807) is 0 Å². The molecule has 0 amide bonds. The summed E-state index contributed by atoms with van der Waals surface area (Å²) in [5.74, 6) is -2.76. The van der Waals surface area contributed by atoms with Crippen molar-refractivity contribution in [3.05, 3.63) is 35.9 Å². The van der Waals surface area contributed by atoms with Gasteiger partial charge in [0, 0.05) is 11.1 Å². The van der Waals surface area contributed by atoms with Crippen LogP contribution in [-0.2, 0) is 20.9 Å². The molecule has 2 heterocycles. The molecule has 0 bridgehead atoms. The molecule has 1 aromatic carbocycles. The minimum Gasteiger partial charge on any atom is -0.475 e. The van der Waals surface area contributed by atoms with Gasteiger partial charge in [0.15, 0.2) is 0 Å². The number of alkyl halides is 3. The summed E-state index contributed by atoms with van der Waals surface area (Å²) in [5, 5.41) is 7.50. The Labute approximate surface area is 208 Å². The number of halogens is 3. The average molecular weight is 516 g/mol. The van der Waals surface area contributed by atoms with Crippen molar-refractivity contribution in [2.75, 3.05) is 19.9 Å². The SMILES string of the molecule is CC[C@]12CCCN3CC[C@]([Si](C)(C)C)([C@H]31)[C@H](OCOCc1ccccc1)CC2.O=C(O)C(F)(F)F. The molecule has 1 N–H and O–H groups in total. The van der Waals surface area contributed by atoms with E-state index in [-0.39, 0.29) is 0 Å². The van der Waals surface area contributed by atoms with Crippen molar-refractivity contribution < 1.29 is 32.5 Å². The van der Waals surface area contributed by atoms with Crippen LogP contribution in [0.4, 0.5) is 13.2 Å². The Morgan fingerprint density at radius 2 is 1.80 bits per heavy atom. The highest BCUT2D eigenvalue weighted by Gasteiger charge is 2.67. The fourth-order valence-corrected chi connectivity index (χ4v) is 10.4. The van der Waals surface area contributed by atoms with E-state index in [0.29, 0.717) is 30.0 Å². The number of hydrogen-bond donors (Lipinski definition) is 1. The molecule has 0 spiro atoms. The van der Waals surface area contributed by atoms with Crippen LogP contribution in [0.25, 0.3) is 0 Å². The third-order valence-electron chi connectivity index (χ3n) is 8.65. The van der Waals surface area contributed by atoms with Gasteiger partial charge in [0.25, 0.3) is 0 Å². The summed E-state index contributed by atoms with van der Waals surface area (Å²) < 4.78 is 44.3. The Balaban J connectivity index is 0.000000429. The van der Waals surface area contributed by atoms with Crippen molar-refractivity contribution in [2.24, 2.45) is 5.41 Å².